The van der Waals surface area contributed by atoms with E-state index in [9.17, 15) is 13.2 Å². The van der Waals surface area contributed by atoms with Crippen molar-refractivity contribution in [1.29, 1.82) is 0 Å². The van der Waals surface area contributed by atoms with Crippen LogP contribution in [0.2, 0.25) is 0 Å². The van der Waals surface area contributed by atoms with Gasteiger partial charge in [-0.05, 0) is 65.6 Å². The normalized spacial score (nSPS) is 15.6. The summed E-state index contributed by atoms with van der Waals surface area (Å²) < 4.78 is 48.9. The number of benzene rings is 3. The van der Waals surface area contributed by atoms with Crippen molar-refractivity contribution in [3.63, 3.8) is 0 Å². The van der Waals surface area contributed by atoms with Gasteiger partial charge in [-0.15, -0.1) is 6.58 Å². The highest BCUT2D eigenvalue weighted by Crippen LogP contribution is 2.35. The van der Waals surface area contributed by atoms with Crippen molar-refractivity contribution in [1.82, 2.24) is 0 Å². The van der Waals surface area contributed by atoms with Crippen LogP contribution in [0.5, 0.6) is 5.75 Å². The number of hydrogen-bond acceptors (Lipinski definition) is 1. The van der Waals surface area contributed by atoms with Gasteiger partial charge in [-0.2, -0.15) is 4.39 Å². The zero-order chi connectivity index (χ0) is 23.4. The maximum absolute atomic E-state index is 14.9. The monoisotopic (exact) mass is 446 g/mol. The predicted octanol–water partition coefficient (Wildman–Crippen LogP) is 8.37. The quantitative estimate of drug-likeness (QED) is 0.331. The summed E-state index contributed by atoms with van der Waals surface area (Å²) in [5, 5.41) is 0. The molecule has 4 heteroatoms. The summed E-state index contributed by atoms with van der Waals surface area (Å²) in [6, 6.07) is 15.1. The van der Waals surface area contributed by atoms with Crippen LogP contribution in [0.15, 0.2) is 86.0 Å². The SMILES string of the molecule is C=CCOc1ccc(-c2ccc(-c3ccc(C4=CCC(C=C)CC4)c(F)c3)cc2)c(F)c1F. The van der Waals surface area contributed by atoms with Crippen LogP contribution in [-0.2, 0) is 0 Å². The lowest BCUT2D eigenvalue weighted by Gasteiger charge is -2.19. The van der Waals surface area contributed by atoms with Gasteiger partial charge in [0.15, 0.2) is 11.6 Å². The molecule has 0 spiro atoms. The molecule has 0 saturated carbocycles. The van der Waals surface area contributed by atoms with Crippen LogP contribution in [0, 0.1) is 23.4 Å². The predicted molar refractivity (Wildman–Crippen MR) is 128 cm³/mol. The van der Waals surface area contributed by atoms with Crippen LogP contribution in [-0.4, -0.2) is 6.61 Å². The highest BCUT2D eigenvalue weighted by Gasteiger charge is 2.17. The topological polar surface area (TPSA) is 9.23 Å². The van der Waals surface area contributed by atoms with Crippen LogP contribution in [0.4, 0.5) is 13.2 Å². The molecule has 0 saturated heterocycles. The van der Waals surface area contributed by atoms with E-state index in [4.69, 9.17) is 4.74 Å². The number of ether oxygens (including phenoxy) is 1. The number of hydrogen-bond donors (Lipinski definition) is 0. The largest absolute Gasteiger partial charge is 0.486 e. The average molecular weight is 447 g/mol. The first-order chi connectivity index (χ1) is 16.0. The molecular weight excluding hydrogens is 421 g/mol. The lowest BCUT2D eigenvalue weighted by molar-refractivity contribution is 0.333. The van der Waals surface area contributed by atoms with Gasteiger partial charge in [0.2, 0.25) is 5.82 Å². The van der Waals surface area contributed by atoms with Gasteiger partial charge in [0, 0.05) is 11.1 Å². The molecule has 4 rings (SSSR count). The number of rotatable bonds is 7. The Hall–Kier alpha value is -3.53. The molecule has 0 heterocycles. The summed E-state index contributed by atoms with van der Waals surface area (Å²) in [5.74, 6) is -1.96. The van der Waals surface area contributed by atoms with Crippen molar-refractivity contribution < 1.29 is 17.9 Å². The fourth-order valence-electron chi connectivity index (χ4n) is 4.13. The van der Waals surface area contributed by atoms with Gasteiger partial charge >= 0.3 is 0 Å². The van der Waals surface area contributed by atoms with Gasteiger partial charge in [0.05, 0.1) is 0 Å². The molecule has 0 radical (unpaired) electrons. The Morgan fingerprint density at radius 2 is 1.55 bits per heavy atom. The minimum absolute atomic E-state index is 0.0897. The van der Waals surface area contributed by atoms with Crippen LogP contribution >= 0.6 is 0 Å². The standard InChI is InChI=1S/C29H25F3O/c1-3-17-33-27-16-15-25(28(31)29(27)32)22-11-9-20(10-12-22)23-13-14-24(26(30)18-23)21-7-5-19(4-2)6-8-21/h3-4,7,9-16,18-19H,1-2,5-6,8,17H2. The Morgan fingerprint density at radius 3 is 2.18 bits per heavy atom. The maximum Gasteiger partial charge on any atom is 0.201 e. The molecule has 1 aliphatic rings. The summed E-state index contributed by atoms with van der Waals surface area (Å²) in [5.41, 5.74) is 3.84. The number of halogens is 3. The first-order valence-corrected chi connectivity index (χ1v) is 11.0. The van der Waals surface area contributed by atoms with E-state index in [1.165, 1.54) is 24.3 Å². The zero-order valence-corrected chi connectivity index (χ0v) is 18.3. The third-order valence-corrected chi connectivity index (χ3v) is 6.03. The summed E-state index contributed by atoms with van der Waals surface area (Å²) in [7, 11) is 0. The van der Waals surface area contributed by atoms with E-state index in [2.05, 4.69) is 19.2 Å². The van der Waals surface area contributed by atoms with Crippen LogP contribution < -0.4 is 4.74 Å². The lowest BCUT2D eigenvalue weighted by Crippen LogP contribution is -2.03. The van der Waals surface area contributed by atoms with E-state index in [1.807, 2.05) is 18.2 Å². The van der Waals surface area contributed by atoms with E-state index in [0.717, 1.165) is 36.0 Å². The molecule has 1 aliphatic carbocycles. The van der Waals surface area contributed by atoms with E-state index in [1.54, 1.807) is 24.3 Å². The molecule has 0 amide bonds. The van der Waals surface area contributed by atoms with Gasteiger partial charge in [0.1, 0.15) is 12.4 Å². The Balaban J connectivity index is 1.56. The van der Waals surface area contributed by atoms with Crippen molar-refractivity contribution in [3.8, 4) is 28.0 Å². The van der Waals surface area contributed by atoms with Crippen molar-refractivity contribution in [2.45, 2.75) is 19.3 Å². The van der Waals surface area contributed by atoms with Gasteiger partial charge in [-0.25, -0.2) is 8.78 Å². The Kier molecular flexibility index (Phi) is 6.83. The molecule has 0 aromatic heterocycles. The average Bonchev–Trinajstić information content (AvgIpc) is 2.85. The van der Waals surface area contributed by atoms with Crippen molar-refractivity contribution in [2.24, 2.45) is 5.92 Å². The van der Waals surface area contributed by atoms with Gasteiger partial charge in [-0.3, -0.25) is 0 Å². The van der Waals surface area contributed by atoms with Gasteiger partial charge in [-0.1, -0.05) is 61.2 Å². The molecule has 0 bridgehead atoms. The summed E-state index contributed by atoms with van der Waals surface area (Å²) in [4.78, 5) is 0. The molecule has 1 unspecified atom stereocenters. The van der Waals surface area contributed by atoms with Crippen molar-refractivity contribution >= 4 is 5.57 Å². The number of allylic oxidation sites excluding steroid dienone is 3. The summed E-state index contributed by atoms with van der Waals surface area (Å²) in [6.45, 7) is 7.43. The second kappa shape index (κ2) is 9.95. The molecule has 0 aliphatic heterocycles. The van der Waals surface area contributed by atoms with Crippen LogP contribution in [0.25, 0.3) is 27.8 Å². The van der Waals surface area contributed by atoms with E-state index < -0.39 is 11.6 Å². The molecule has 168 valence electrons. The van der Waals surface area contributed by atoms with Crippen molar-refractivity contribution in [2.75, 3.05) is 6.61 Å². The first-order valence-electron chi connectivity index (χ1n) is 11.0. The third-order valence-electron chi connectivity index (χ3n) is 6.03. The second-order valence-corrected chi connectivity index (χ2v) is 8.11. The summed E-state index contributed by atoms with van der Waals surface area (Å²) in [6.07, 6.45) is 8.23. The fourth-order valence-corrected chi connectivity index (χ4v) is 4.13. The van der Waals surface area contributed by atoms with Crippen LogP contribution in [0.1, 0.15) is 24.8 Å². The highest BCUT2D eigenvalue weighted by atomic mass is 19.2. The van der Waals surface area contributed by atoms with E-state index in [0.29, 0.717) is 17.0 Å². The molecule has 0 N–H and O–H groups in total. The van der Waals surface area contributed by atoms with Crippen LogP contribution in [0.3, 0.4) is 0 Å². The second-order valence-electron chi connectivity index (χ2n) is 8.11. The minimum atomic E-state index is -1.03. The first kappa shape index (κ1) is 22.7. The lowest BCUT2D eigenvalue weighted by atomic mass is 9.86. The zero-order valence-electron chi connectivity index (χ0n) is 18.3. The fraction of sp³-hybridized carbons (Fsp3) is 0.172. The molecule has 1 nitrogen and oxygen atoms in total. The minimum Gasteiger partial charge on any atom is -0.486 e. The van der Waals surface area contributed by atoms with E-state index in [-0.39, 0.29) is 23.7 Å². The molecule has 0 fully saturated rings. The Labute approximate surface area is 192 Å². The maximum atomic E-state index is 14.9. The molecule has 1 atom stereocenters. The Bertz CT molecular complexity index is 1210. The summed E-state index contributed by atoms with van der Waals surface area (Å²) >= 11 is 0. The van der Waals surface area contributed by atoms with Crippen molar-refractivity contribution in [3.05, 3.63) is 109 Å². The molecule has 3 aromatic rings. The Morgan fingerprint density at radius 1 is 0.848 bits per heavy atom. The molecular formula is C29H25F3O. The molecule has 33 heavy (non-hydrogen) atoms. The third kappa shape index (κ3) is 4.80. The smallest absolute Gasteiger partial charge is 0.201 e. The molecule has 3 aromatic carbocycles. The van der Waals surface area contributed by atoms with Gasteiger partial charge in [0.25, 0.3) is 0 Å². The van der Waals surface area contributed by atoms with Gasteiger partial charge < -0.3 is 4.74 Å². The van der Waals surface area contributed by atoms with E-state index >= 15 is 0 Å². The highest BCUT2D eigenvalue weighted by molar-refractivity contribution is 5.74.